The Kier molecular flexibility index (Phi) is 6.24. The number of amides is 1. The summed E-state index contributed by atoms with van der Waals surface area (Å²) in [5, 5.41) is 10.1. The number of benzene rings is 1. The number of nitrogens with zero attached hydrogens (tertiary/aromatic N) is 4. The number of nitriles is 1. The Bertz CT molecular complexity index is 931. The van der Waals surface area contributed by atoms with Gasteiger partial charge in [-0.1, -0.05) is 0 Å². The van der Waals surface area contributed by atoms with Crippen molar-refractivity contribution >= 4 is 28.9 Å². The summed E-state index contributed by atoms with van der Waals surface area (Å²) >= 11 is 5.66. The zero-order valence-electron chi connectivity index (χ0n) is 16.5. The Labute approximate surface area is 174 Å². The fraction of sp³-hybridized carbons (Fsp3) is 0.350. The molecule has 0 atom stereocenters. The normalized spacial score (nSPS) is 13.6. The summed E-state index contributed by atoms with van der Waals surface area (Å²) in [6.07, 6.45) is 1.49. The van der Waals surface area contributed by atoms with Crippen LogP contribution >= 0.6 is 12.2 Å². The Hall–Kier alpha value is -3.25. The van der Waals surface area contributed by atoms with E-state index in [9.17, 15) is 10.1 Å². The van der Waals surface area contributed by atoms with Crippen LogP contribution in [0.4, 0.5) is 5.69 Å². The van der Waals surface area contributed by atoms with E-state index < -0.39 is 0 Å². The second-order valence-corrected chi connectivity index (χ2v) is 6.80. The lowest BCUT2D eigenvalue weighted by molar-refractivity contribution is 0.0660. The van der Waals surface area contributed by atoms with E-state index in [2.05, 4.69) is 6.07 Å². The van der Waals surface area contributed by atoms with Crippen LogP contribution in [0.3, 0.4) is 0 Å². The molecule has 0 N–H and O–H groups in total. The second kappa shape index (κ2) is 8.84. The van der Waals surface area contributed by atoms with Crippen LogP contribution in [0.25, 0.3) is 0 Å². The fourth-order valence-electron chi connectivity index (χ4n) is 3.21. The predicted molar refractivity (Wildman–Crippen MR) is 111 cm³/mol. The van der Waals surface area contributed by atoms with Crippen molar-refractivity contribution in [2.75, 3.05) is 52.3 Å². The lowest BCUT2D eigenvalue weighted by atomic mass is 10.1. The molecule has 1 fully saturated rings. The molecule has 152 valence electrons. The Morgan fingerprint density at radius 3 is 2.34 bits per heavy atom. The van der Waals surface area contributed by atoms with Gasteiger partial charge >= 0.3 is 0 Å². The van der Waals surface area contributed by atoms with Gasteiger partial charge in [-0.25, -0.2) is 0 Å². The predicted octanol–water partition coefficient (Wildman–Crippen LogP) is 2.35. The first kappa shape index (κ1) is 20.5. The molecule has 1 aliphatic heterocycles. The van der Waals surface area contributed by atoms with E-state index >= 15 is 0 Å². The molecule has 1 aromatic carbocycles. The molecule has 1 saturated heterocycles. The molecule has 0 spiro atoms. The molecule has 1 aliphatic rings. The van der Waals surface area contributed by atoms with Gasteiger partial charge in [0.25, 0.3) is 5.91 Å². The van der Waals surface area contributed by atoms with Crippen LogP contribution in [0.2, 0.25) is 0 Å². The van der Waals surface area contributed by atoms with Gasteiger partial charge in [0.1, 0.15) is 6.07 Å². The molecule has 2 heterocycles. The highest BCUT2D eigenvalue weighted by Crippen LogP contribution is 2.35. The van der Waals surface area contributed by atoms with Crippen molar-refractivity contribution in [1.82, 2.24) is 9.80 Å². The summed E-state index contributed by atoms with van der Waals surface area (Å²) < 4.78 is 15.8. The van der Waals surface area contributed by atoms with Gasteiger partial charge in [-0.05, 0) is 24.4 Å². The van der Waals surface area contributed by atoms with E-state index in [1.807, 2.05) is 11.9 Å². The Balaban J connectivity index is 1.71. The number of carbonyl (C=O) groups is 1. The maximum absolute atomic E-state index is 12.4. The Morgan fingerprint density at radius 2 is 1.79 bits per heavy atom. The highest BCUT2D eigenvalue weighted by molar-refractivity contribution is 7.80. The van der Waals surface area contributed by atoms with Crippen LogP contribution in [-0.2, 0) is 0 Å². The standard InChI is InChI=1S/C20H22N4O4S/c1-22(15-12-18(27-3)17(26-2)11-14(15)13-21)20(29)24-8-6-23(7-9-24)19(25)16-5-4-10-28-16/h4-5,10-12H,6-9H2,1-3H3. The molecule has 0 unspecified atom stereocenters. The fourth-order valence-corrected chi connectivity index (χ4v) is 3.49. The van der Waals surface area contributed by atoms with E-state index in [1.54, 1.807) is 41.2 Å². The number of hydrogen-bond donors (Lipinski definition) is 0. The molecular formula is C20H22N4O4S. The van der Waals surface area contributed by atoms with Crippen LogP contribution in [-0.4, -0.2) is 68.3 Å². The summed E-state index contributed by atoms with van der Waals surface area (Å²) in [5.41, 5.74) is 1.06. The zero-order chi connectivity index (χ0) is 21.0. The average molecular weight is 414 g/mol. The van der Waals surface area contributed by atoms with Crippen LogP contribution in [0, 0.1) is 11.3 Å². The SMILES string of the molecule is COc1cc(C#N)c(N(C)C(=S)N2CCN(C(=O)c3ccco3)CC2)cc1OC. The number of ether oxygens (including phenoxy) is 2. The number of methoxy groups -OCH3 is 2. The molecule has 29 heavy (non-hydrogen) atoms. The first-order valence-electron chi connectivity index (χ1n) is 9.01. The first-order chi connectivity index (χ1) is 14.0. The number of thiocarbonyl (C=S) groups is 1. The molecule has 3 rings (SSSR count). The number of anilines is 1. The largest absolute Gasteiger partial charge is 0.493 e. The third-order valence-electron chi connectivity index (χ3n) is 4.84. The molecule has 0 bridgehead atoms. The lowest BCUT2D eigenvalue weighted by Crippen LogP contribution is -2.53. The number of carbonyl (C=O) groups excluding carboxylic acids is 1. The maximum atomic E-state index is 12.4. The van der Waals surface area contributed by atoms with Gasteiger partial charge < -0.3 is 28.6 Å². The number of piperazine rings is 1. The number of rotatable bonds is 4. The minimum Gasteiger partial charge on any atom is -0.493 e. The van der Waals surface area contributed by atoms with Crippen molar-refractivity contribution in [2.24, 2.45) is 0 Å². The molecule has 1 aromatic heterocycles. The summed E-state index contributed by atoms with van der Waals surface area (Å²) in [6, 6.07) is 8.91. The topological polar surface area (TPSA) is 82.2 Å². The van der Waals surface area contributed by atoms with Crippen LogP contribution < -0.4 is 14.4 Å². The van der Waals surface area contributed by atoms with Gasteiger partial charge in [-0.2, -0.15) is 5.26 Å². The molecule has 0 aliphatic carbocycles. The summed E-state index contributed by atoms with van der Waals surface area (Å²) in [4.78, 5) is 18.0. The molecule has 1 amide bonds. The minimum atomic E-state index is -0.124. The van der Waals surface area contributed by atoms with E-state index in [1.165, 1.54) is 13.4 Å². The van der Waals surface area contributed by atoms with E-state index in [-0.39, 0.29) is 5.91 Å². The van der Waals surface area contributed by atoms with Gasteiger partial charge in [-0.3, -0.25) is 4.79 Å². The molecule has 8 nitrogen and oxygen atoms in total. The third-order valence-corrected chi connectivity index (χ3v) is 5.37. The van der Waals surface area contributed by atoms with Crippen molar-refractivity contribution in [3.8, 4) is 17.6 Å². The van der Waals surface area contributed by atoms with E-state index in [0.29, 0.717) is 59.8 Å². The first-order valence-corrected chi connectivity index (χ1v) is 9.42. The van der Waals surface area contributed by atoms with Gasteiger partial charge in [0.05, 0.1) is 31.7 Å². The smallest absolute Gasteiger partial charge is 0.289 e. The summed E-state index contributed by atoms with van der Waals surface area (Å²) in [6.45, 7) is 2.24. The van der Waals surface area contributed by atoms with Crippen molar-refractivity contribution in [2.45, 2.75) is 0 Å². The van der Waals surface area contributed by atoms with Gasteiger partial charge in [0.15, 0.2) is 22.4 Å². The van der Waals surface area contributed by atoms with Crippen LogP contribution in [0.1, 0.15) is 16.1 Å². The van der Waals surface area contributed by atoms with E-state index in [4.69, 9.17) is 26.1 Å². The molecule has 9 heteroatoms. The maximum Gasteiger partial charge on any atom is 0.289 e. The number of hydrogen-bond acceptors (Lipinski definition) is 6. The lowest BCUT2D eigenvalue weighted by Gasteiger charge is -2.38. The highest BCUT2D eigenvalue weighted by Gasteiger charge is 2.27. The quantitative estimate of drug-likeness (QED) is 0.705. The van der Waals surface area contributed by atoms with Crippen LogP contribution in [0.15, 0.2) is 34.9 Å². The van der Waals surface area contributed by atoms with E-state index in [0.717, 1.165) is 0 Å². The van der Waals surface area contributed by atoms with Gasteiger partial charge in [0.2, 0.25) is 0 Å². The van der Waals surface area contributed by atoms with Crippen molar-refractivity contribution in [1.29, 1.82) is 5.26 Å². The number of furan rings is 1. The summed E-state index contributed by atoms with van der Waals surface area (Å²) in [5.74, 6) is 1.21. The summed E-state index contributed by atoms with van der Waals surface area (Å²) in [7, 11) is 4.88. The second-order valence-electron chi connectivity index (χ2n) is 6.43. The zero-order valence-corrected chi connectivity index (χ0v) is 17.4. The monoisotopic (exact) mass is 414 g/mol. The average Bonchev–Trinajstić information content (AvgIpc) is 3.31. The van der Waals surface area contributed by atoms with Crippen LogP contribution in [0.5, 0.6) is 11.5 Å². The van der Waals surface area contributed by atoms with Gasteiger partial charge in [0, 0.05) is 45.4 Å². The molecule has 2 aromatic rings. The van der Waals surface area contributed by atoms with Crippen molar-refractivity contribution in [3.63, 3.8) is 0 Å². The molecule has 0 saturated carbocycles. The molecule has 0 radical (unpaired) electrons. The third kappa shape index (κ3) is 4.12. The van der Waals surface area contributed by atoms with Crippen molar-refractivity contribution in [3.05, 3.63) is 41.9 Å². The highest BCUT2D eigenvalue weighted by atomic mass is 32.1. The van der Waals surface area contributed by atoms with Crippen molar-refractivity contribution < 1.29 is 18.7 Å². The Morgan fingerprint density at radius 1 is 1.17 bits per heavy atom. The van der Waals surface area contributed by atoms with Gasteiger partial charge in [-0.15, -0.1) is 0 Å². The molecular weight excluding hydrogens is 392 g/mol. The minimum absolute atomic E-state index is 0.124.